The van der Waals surface area contributed by atoms with Gasteiger partial charge in [0.15, 0.2) is 0 Å². The van der Waals surface area contributed by atoms with E-state index in [0.717, 1.165) is 6.07 Å². The van der Waals surface area contributed by atoms with Gasteiger partial charge >= 0.3 is 5.97 Å². The van der Waals surface area contributed by atoms with E-state index in [4.69, 9.17) is 5.11 Å². The van der Waals surface area contributed by atoms with E-state index in [1.807, 2.05) is 0 Å². The maximum Gasteiger partial charge on any atom is 0.335 e. The molecule has 5 nitrogen and oxygen atoms in total. The first-order chi connectivity index (χ1) is 9.85. The Hall–Kier alpha value is -2.41. The number of aromatic carboxylic acids is 1. The van der Waals surface area contributed by atoms with Crippen LogP contribution < -0.4 is 4.72 Å². The fraction of sp³-hybridized carbons (Fsp3) is 0.0714. The molecule has 2 aromatic rings. The van der Waals surface area contributed by atoms with Gasteiger partial charge < -0.3 is 5.11 Å². The topological polar surface area (TPSA) is 83.5 Å². The van der Waals surface area contributed by atoms with Gasteiger partial charge in [0.1, 0.15) is 5.82 Å². The van der Waals surface area contributed by atoms with Crippen LogP contribution in [0.3, 0.4) is 0 Å². The van der Waals surface area contributed by atoms with Gasteiger partial charge in [-0.15, -0.1) is 0 Å². The van der Waals surface area contributed by atoms with Crippen molar-refractivity contribution < 1.29 is 22.7 Å². The zero-order valence-corrected chi connectivity index (χ0v) is 11.6. The molecule has 0 aliphatic rings. The zero-order chi connectivity index (χ0) is 15.5. The van der Waals surface area contributed by atoms with Crippen molar-refractivity contribution in [2.75, 3.05) is 4.72 Å². The summed E-state index contributed by atoms with van der Waals surface area (Å²) in [6.07, 6.45) is 0. The van der Waals surface area contributed by atoms with Crippen molar-refractivity contribution in [1.82, 2.24) is 0 Å². The summed E-state index contributed by atoms with van der Waals surface area (Å²) in [6.45, 7) is 0. The van der Waals surface area contributed by atoms with Gasteiger partial charge in [0.05, 0.1) is 17.0 Å². The Morgan fingerprint density at radius 3 is 2.52 bits per heavy atom. The number of sulfonamides is 1. The van der Waals surface area contributed by atoms with Crippen molar-refractivity contribution in [3.8, 4) is 0 Å². The van der Waals surface area contributed by atoms with Crippen LogP contribution in [0.1, 0.15) is 15.9 Å². The van der Waals surface area contributed by atoms with Crippen LogP contribution in [0.5, 0.6) is 0 Å². The molecule has 0 unspecified atom stereocenters. The largest absolute Gasteiger partial charge is 0.478 e. The molecule has 0 heterocycles. The molecule has 0 radical (unpaired) electrons. The normalized spacial score (nSPS) is 11.1. The smallest absolute Gasteiger partial charge is 0.335 e. The van der Waals surface area contributed by atoms with Crippen LogP contribution in [0.2, 0.25) is 0 Å². The Morgan fingerprint density at radius 2 is 1.86 bits per heavy atom. The van der Waals surface area contributed by atoms with Crippen LogP contribution in [0.15, 0.2) is 48.5 Å². The molecule has 0 atom stereocenters. The second kappa shape index (κ2) is 5.92. The molecule has 0 saturated carbocycles. The second-order valence-corrected chi connectivity index (χ2v) is 6.10. The van der Waals surface area contributed by atoms with E-state index in [0.29, 0.717) is 5.56 Å². The predicted molar refractivity (Wildman–Crippen MR) is 76.0 cm³/mol. The summed E-state index contributed by atoms with van der Waals surface area (Å²) in [5, 5.41) is 8.87. The van der Waals surface area contributed by atoms with Crippen molar-refractivity contribution in [3.05, 3.63) is 65.5 Å². The SMILES string of the molecule is O=C(O)c1cccc(CS(=O)(=O)Nc2cccc(F)c2)c1. The summed E-state index contributed by atoms with van der Waals surface area (Å²) < 4.78 is 39.2. The molecule has 0 bridgehead atoms. The molecule has 0 aliphatic carbocycles. The van der Waals surface area contributed by atoms with Crippen LogP contribution in [-0.4, -0.2) is 19.5 Å². The predicted octanol–water partition coefficient (Wildman–Crippen LogP) is 2.47. The Labute approximate surface area is 121 Å². The third kappa shape index (κ3) is 4.28. The van der Waals surface area contributed by atoms with Crippen LogP contribution in [0, 0.1) is 5.82 Å². The third-order valence-electron chi connectivity index (χ3n) is 2.63. The van der Waals surface area contributed by atoms with Gasteiger partial charge in [0, 0.05) is 0 Å². The molecule has 0 fully saturated rings. The van der Waals surface area contributed by atoms with Gasteiger partial charge in [-0.25, -0.2) is 17.6 Å². The van der Waals surface area contributed by atoms with E-state index in [2.05, 4.69) is 4.72 Å². The minimum Gasteiger partial charge on any atom is -0.478 e. The molecule has 0 aliphatic heterocycles. The number of halogens is 1. The summed E-state index contributed by atoms with van der Waals surface area (Å²) in [5.74, 6) is -2.08. The molecule has 0 saturated heterocycles. The molecule has 110 valence electrons. The molecular formula is C14H12FNO4S. The number of nitrogens with one attached hydrogen (secondary N) is 1. The standard InChI is InChI=1S/C14H12FNO4S/c15-12-5-2-6-13(8-12)16-21(19,20)9-10-3-1-4-11(7-10)14(17)18/h1-8,16H,9H2,(H,17,18). The lowest BCUT2D eigenvalue weighted by atomic mass is 10.1. The summed E-state index contributed by atoms with van der Waals surface area (Å²) >= 11 is 0. The van der Waals surface area contributed by atoms with E-state index < -0.39 is 27.6 Å². The average molecular weight is 309 g/mol. The molecule has 7 heteroatoms. The summed E-state index contributed by atoms with van der Waals surface area (Å²) in [7, 11) is -3.76. The maximum atomic E-state index is 13.0. The first kappa shape index (κ1) is 15.0. The van der Waals surface area contributed by atoms with Gasteiger partial charge in [-0.05, 0) is 35.9 Å². The number of hydrogen-bond donors (Lipinski definition) is 2. The number of carboxylic acid groups (broad SMARTS) is 1. The lowest BCUT2D eigenvalue weighted by molar-refractivity contribution is 0.0696. The van der Waals surface area contributed by atoms with Crippen molar-refractivity contribution in [2.24, 2.45) is 0 Å². The first-order valence-electron chi connectivity index (χ1n) is 5.94. The number of anilines is 1. The van der Waals surface area contributed by atoms with Gasteiger partial charge in [0.2, 0.25) is 10.0 Å². The Balaban J connectivity index is 2.18. The Bertz CT molecular complexity index is 774. The van der Waals surface area contributed by atoms with E-state index >= 15 is 0 Å². The molecule has 21 heavy (non-hydrogen) atoms. The van der Waals surface area contributed by atoms with E-state index in [1.165, 1.54) is 42.5 Å². The Kier molecular flexibility index (Phi) is 4.23. The van der Waals surface area contributed by atoms with Gasteiger partial charge in [0.25, 0.3) is 0 Å². The molecule has 0 spiro atoms. The van der Waals surface area contributed by atoms with Crippen molar-refractivity contribution in [1.29, 1.82) is 0 Å². The summed E-state index contributed by atoms with van der Waals surface area (Å²) in [5.41, 5.74) is 0.455. The number of benzene rings is 2. The average Bonchev–Trinajstić information content (AvgIpc) is 2.37. The number of hydrogen-bond acceptors (Lipinski definition) is 3. The zero-order valence-electron chi connectivity index (χ0n) is 10.8. The molecule has 2 rings (SSSR count). The van der Waals surface area contributed by atoms with Crippen LogP contribution in [-0.2, 0) is 15.8 Å². The number of carboxylic acids is 1. The van der Waals surface area contributed by atoms with Crippen LogP contribution >= 0.6 is 0 Å². The molecule has 2 N–H and O–H groups in total. The fourth-order valence-corrected chi connectivity index (χ4v) is 2.96. The first-order valence-corrected chi connectivity index (χ1v) is 7.59. The van der Waals surface area contributed by atoms with E-state index in [9.17, 15) is 17.6 Å². The van der Waals surface area contributed by atoms with Crippen LogP contribution in [0.4, 0.5) is 10.1 Å². The number of carbonyl (C=O) groups is 1. The molecule has 0 amide bonds. The van der Waals surface area contributed by atoms with Crippen molar-refractivity contribution in [2.45, 2.75) is 5.75 Å². The van der Waals surface area contributed by atoms with Crippen molar-refractivity contribution in [3.63, 3.8) is 0 Å². The lowest BCUT2D eigenvalue weighted by Crippen LogP contribution is -2.15. The van der Waals surface area contributed by atoms with E-state index in [1.54, 1.807) is 0 Å². The van der Waals surface area contributed by atoms with Gasteiger partial charge in [-0.1, -0.05) is 18.2 Å². The number of rotatable bonds is 5. The molecular weight excluding hydrogens is 297 g/mol. The highest BCUT2D eigenvalue weighted by Gasteiger charge is 2.13. The Morgan fingerprint density at radius 1 is 1.14 bits per heavy atom. The fourth-order valence-electron chi connectivity index (χ4n) is 1.78. The summed E-state index contributed by atoms with van der Waals surface area (Å²) in [6, 6.07) is 10.7. The molecule has 2 aromatic carbocycles. The second-order valence-electron chi connectivity index (χ2n) is 4.38. The van der Waals surface area contributed by atoms with Gasteiger partial charge in [-0.3, -0.25) is 4.72 Å². The van der Waals surface area contributed by atoms with Gasteiger partial charge in [-0.2, -0.15) is 0 Å². The minimum atomic E-state index is -3.76. The molecule has 0 aromatic heterocycles. The maximum absolute atomic E-state index is 13.0. The third-order valence-corrected chi connectivity index (χ3v) is 3.89. The van der Waals surface area contributed by atoms with E-state index in [-0.39, 0.29) is 11.3 Å². The lowest BCUT2D eigenvalue weighted by Gasteiger charge is -2.08. The van der Waals surface area contributed by atoms with Crippen LogP contribution in [0.25, 0.3) is 0 Å². The minimum absolute atomic E-state index is 0.00783. The van der Waals surface area contributed by atoms with Crippen molar-refractivity contribution >= 4 is 21.7 Å². The monoisotopic (exact) mass is 309 g/mol. The highest BCUT2D eigenvalue weighted by Crippen LogP contribution is 2.15. The highest BCUT2D eigenvalue weighted by atomic mass is 32.2. The quantitative estimate of drug-likeness (QED) is 0.888. The summed E-state index contributed by atoms with van der Waals surface area (Å²) in [4.78, 5) is 10.8. The highest BCUT2D eigenvalue weighted by molar-refractivity contribution is 7.91.